The van der Waals surface area contributed by atoms with Crippen LogP contribution in [0, 0.1) is 0 Å². The minimum Gasteiger partial charge on any atom is -0.495 e. The number of hydrogen-bond acceptors (Lipinski definition) is 3. The molecule has 1 aliphatic heterocycles. The van der Waals surface area contributed by atoms with Crippen LogP contribution < -0.4 is 15.4 Å². The third-order valence-corrected chi connectivity index (χ3v) is 3.40. The van der Waals surface area contributed by atoms with Crippen LogP contribution in [0.3, 0.4) is 0 Å². The van der Waals surface area contributed by atoms with E-state index in [1.165, 1.54) is 7.11 Å². The zero-order valence-electron chi connectivity index (χ0n) is 11.3. The number of hydrogen-bond donors (Lipinski definition) is 2. The Balaban J connectivity index is 0.00000220. The lowest BCUT2D eigenvalue weighted by Gasteiger charge is -2.12. The third kappa shape index (κ3) is 4.69. The zero-order chi connectivity index (χ0) is 14.8. The summed E-state index contributed by atoms with van der Waals surface area (Å²) >= 11 is 5.96. The minimum absolute atomic E-state index is 0. The number of alkyl halides is 2. The number of benzene rings is 1. The largest absolute Gasteiger partial charge is 0.495 e. The maximum absolute atomic E-state index is 13.0. The van der Waals surface area contributed by atoms with Crippen molar-refractivity contribution >= 4 is 29.9 Å². The Kier molecular flexibility index (Phi) is 6.19. The Bertz CT molecular complexity index is 515. The van der Waals surface area contributed by atoms with Crippen LogP contribution in [-0.2, 0) is 11.3 Å². The second kappa shape index (κ2) is 7.24. The van der Waals surface area contributed by atoms with Crippen LogP contribution in [0.25, 0.3) is 0 Å². The monoisotopic (exact) mass is 340 g/mol. The van der Waals surface area contributed by atoms with Gasteiger partial charge in [0.15, 0.2) is 0 Å². The first kappa shape index (κ1) is 17.9. The van der Waals surface area contributed by atoms with Gasteiger partial charge in [0.25, 0.3) is 5.92 Å². The molecule has 2 rings (SSSR count). The number of carbonyl (C=O) groups excluding carboxylic acids is 1. The Labute approximate surface area is 132 Å². The van der Waals surface area contributed by atoms with E-state index in [4.69, 9.17) is 16.3 Å². The first-order valence-corrected chi connectivity index (χ1v) is 6.50. The molecule has 0 aromatic heterocycles. The van der Waals surface area contributed by atoms with Crippen LogP contribution in [0.1, 0.15) is 12.0 Å². The summed E-state index contributed by atoms with van der Waals surface area (Å²) < 4.78 is 31.0. The van der Waals surface area contributed by atoms with E-state index < -0.39 is 30.8 Å². The second-order valence-electron chi connectivity index (χ2n) is 4.68. The molecular formula is C13H16Cl2F2N2O2. The van der Waals surface area contributed by atoms with Gasteiger partial charge in [-0.2, -0.15) is 0 Å². The Hall–Kier alpha value is -1.11. The van der Waals surface area contributed by atoms with E-state index in [0.717, 1.165) is 5.56 Å². The number of halogens is 4. The lowest BCUT2D eigenvalue weighted by Crippen LogP contribution is -2.40. The van der Waals surface area contributed by atoms with Gasteiger partial charge < -0.3 is 10.1 Å². The van der Waals surface area contributed by atoms with Crippen LogP contribution in [0.5, 0.6) is 5.75 Å². The predicted octanol–water partition coefficient (Wildman–Crippen LogP) is 2.38. The first-order chi connectivity index (χ1) is 9.41. The van der Waals surface area contributed by atoms with Crippen molar-refractivity contribution in [2.24, 2.45) is 0 Å². The molecule has 1 saturated heterocycles. The molecule has 8 heteroatoms. The second-order valence-corrected chi connectivity index (χ2v) is 5.09. The van der Waals surface area contributed by atoms with Gasteiger partial charge in [0.2, 0.25) is 5.91 Å². The summed E-state index contributed by atoms with van der Waals surface area (Å²) in [5, 5.41) is 5.55. The number of nitrogens with one attached hydrogen (secondary N) is 2. The van der Waals surface area contributed by atoms with Crippen LogP contribution in [0.4, 0.5) is 8.78 Å². The molecule has 2 N–H and O–H groups in total. The molecular weight excluding hydrogens is 325 g/mol. The van der Waals surface area contributed by atoms with Gasteiger partial charge in [0.05, 0.1) is 24.7 Å². The normalized spacial score (nSPS) is 19.7. The van der Waals surface area contributed by atoms with Crippen molar-refractivity contribution in [3.05, 3.63) is 28.8 Å². The van der Waals surface area contributed by atoms with Gasteiger partial charge in [0, 0.05) is 13.0 Å². The molecule has 0 radical (unpaired) electrons. The Morgan fingerprint density at radius 2 is 2.29 bits per heavy atom. The van der Waals surface area contributed by atoms with E-state index in [-0.39, 0.29) is 19.0 Å². The molecule has 1 aliphatic rings. The molecule has 1 amide bonds. The standard InChI is InChI=1S/C13H15ClF2N2O2.ClH/c1-20-11-3-2-8(4-9(11)14)6-17-12(19)10-5-13(15,16)7-18-10;/h2-4,10,18H,5-7H2,1H3,(H,17,19);1H. The summed E-state index contributed by atoms with van der Waals surface area (Å²) in [4.78, 5) is 11.7. The van der Waals surface area contributed by atoms with Crippen molar-refractivity contribution < 1.29 is 18.3 Å². The van der Waals surface area contributed by atoms with Gasteiger partial charge in [-0.05, 0) is 17.7 Å². The van der Waals surface area contributed by atoms with Gasteiger partial charge in [0.1, 0.15) is 5.75 Å². The Morgan fingerprint density at radius 3 is 2.81 bits per heavy atom. The fourth-order valence-electron chi connectivity index (χ4n) is 2.03. The molecule has 1 fully saturated rings. The van der Waals surface area contributed by atoms with E-state index in [2.05, 4.69) is 10.6 Å². The van der Waals surface area contributed by atoms with Crippen LogP contribution >= 0.6 is 24.0 Å². The fourth-order valence-corrected chi connectivity index (χ4v) is 2.31. The first-order valence-electron chi connectivity index (χ1n) is 6.12. The molecule has 1 heterocycles. The highest BCUT2D eigenvalue weighted by Gasteiger charge is 2.42. The molecule has 0 aliphatic carbocycles. The van der Waals surface area contributed by atoms with E-state index in [9.17, 15) is 13.6 Å². The van der Waals surface area contributed by atoms with Gasteiger partial charge in [-0.3, -0.25) is 10.1 Å². The van der Waals surface area contributed by atoms with Crippen molar-refractivity contribution in [2.75, 3.05) is 13.7 Å². The van der Waals surface area contributed by atoms with Crippen LogP contribution in [-0.4, -0.2) is 31.5 Å². The van der Waals surface area contributed by atoms with Crippen molar-refractivity contribution in [1.29, 1.82) is 0 Å². The predicted molar refractivity (Wildman–Crippen MR) is 78.5 cm³/mol. The molecule has 0 bridgehead atoms. The number of carbonyl (C=O) groups is 1. The molecule has 1 aromatic rings. The average Bonchev–Trinajstić information content (AvgIpc) is 2.76. The van der Waals surface area contributed by atoms with E-state index in [1.807, 2.05) is 0 Å². The summed E-state index contributed by atoms with van der Waals surface area (Å²) in [6, 6.07) is 4.25. The minimum atomic E-state index is -2.81. The molecule has 0 spiro atoms. The van der Waals surface area contributed by atoms with Crippen molar-refractivity contribution in [3.63, 3.8) is 0 Å². The van der Waals surface area contributed by atoms with Gasteiger partial charge in [-0.1, -0.05) is 17.7 Å². The maximum atomic E-state index is 13.0. The highest BCUT2D eigenvalue weighted by Crippen LogP contribution is 2.26. The van der Waals surface area contributed by atoms with Gasteiger partial charge in [-0.25, -0.2) is 8.78 Å². The number of amides is 1. The fraction of sp³-hybridized carbons (Fsp3) is 0.462. The van der Waals surface area contributed by atoms with E-state index in [0.29, 0.717) is 10.8 Å². The SMILES string of the molecule is COc1ccc(CNC(=O)C2CC(F)(F)CN2)cc1Cl.Cl. The smallest absolute Gasteiger partial charge is 0.262 e. The number of methoxy groups -OCH3 is 1. The topological polar surface area (TPSA) is 50.4 Å². The summed E-state index contributed by atoms with van der Waals surface area (Å²) in [5.74, 6) is -2.71. The molecule has 1 aromatic carbocycles. The quantitative estimate of drug-likeness (QED) is 0.884. The van der Waals surface area contributed by atoms with Crippen molar-refractivity contribution in [2.45, 2.75) is 24.9 Å². The summed E-state index contributed by atoms with van der Waals surface area (Å²) in [6.45, 7) is -0.230. The summed E-state index contributed by atoms with van der Waals surface area (Å²) in [7, 11) is 1.51. The van der Waals surface area contributed by atoms with E-state index in [1.54, 1.807) is 18.2 Å². The van der Waals surface area contributed by atoms with Crippen LogP contribution in [0.2, 0.25) is 5.02 Å². The van der Waals surface area contributed by atoms with Crippen LogP contribution in [0.15, 0.2) is 18.2 Å². The van der Waals surface area contributed by atoms with Crippen molar-refractivity contribution in [3.8, 4) is 5.75 Å². The lowest BCUT2D eigenvalue weighted by molar-refractivity contribution is -0.123. The molecule has 21 heavy (non-hydrogen) atoms. The molecule has 0 saturated carbocycles. The highest BCUT2D eigenvalue weighted by atomic mass is 35.5. The molecule has 1 atom stereocenters. The Morgan fingerprint density at radius 1 is 1.57 bits per heavy atom. The lowest BCUT2D eigenvalue weighted by atomic mass is 10.1. The molecule has 1 unspecified atom stereocenters. The van der Waals surface area contributed by atoms with Crippen molar-refractivity contribution in [1.82, 2.24) is 10.6 Å². The van der Waals surface area contributed by atoms with Gasteiger partial charge in [-0.15, -0.1) is 12.4 Å². The number of rotatable bonds is 4. The molecule has 118 valence electrons. The van der Waals surface area contributed by atoms with E-state index >= 15 is 0 Å². The highest BCUT2D eigenvalue weighted by molar-refractivity contribution is 6.32. The zero-order valence-corrected chi connectivity index (χ0v) is 12.9. The number of ether oxygens (including phenoxy) is 1. The maximum Gasteiger partial charge on any atom is 0.262 e. The molecule has 4 nitrogen and oxygen atoms in total. The summed E-state index contributed by atoms with van der Waals surface area (Å²) in [5.41, 5.74) is 0.772. The average molecular weight is 341 g/mol. The third-order valence-electron chi connectivity index (χ3n) is 3.11. The van der Waals surface area contributed by atoms with Gasteiger partial charge >= 0.3 is 0 Å². The summed E-state index contributed by atoms with van der Waals surface area (Å²) in [6.07, 6.45) is -0.470.